The molecule has 0 saturated carbocycles. The minimum absolute atomic E-state index is 0.139. The van der Waals surface area contributed by atoms with Crippen LogP contribution in [0.15, 0.2) is 42.5 Å². The number of halogens is 1. The first kappa shape index (κ1) is 14.0. The fourth-order valence-electron chi connectivity index (χ4n) is 2.46. The van der Waals surface area contributed by atoms with E-state index >= 15 is 0 Å². The molecule has 0 aliphatic rings. The van der Waals surface area contributed by atoms with Crippen LogP contribution in [0, 0.1) is 12.7 Å². The molecule has 0 fully saturated rings. The second-order valence-corrected chi connectivity index (χ2v) is 6.49. The molecule has 2 aromatic carbocycles. The van der Waals surface area contributed by atoms with Crippen molar-refractivity contribution < 1.29 is 4.39 Å². The third kappa shape index (κ3) is 3.22. The van der Waals surface area contributed by atoms with Gasteiger partial charge < -0.3 is 5.32 Å². The molecule has 3 rings (SSSR count). The predicted octanol–water partition coefficient (Wildman–Crippen LogP) is 4.79. The monoisotopic (exact) mass is 300 g/mol. The van der Waals surface area contributed by atoms with Gasteiger partial charge in [-0.2, -0.15) is 0 Å². The molecule has 0 bridgehead atoms. The summed E-state index contributed by atoms with van der Waals surface area (Å²) < 4.78 is 14.8. The first-order valence-electron chi connectivity index (χ1n) is 6.99. The average Bonchev–Trinajstić information content (AvgIpc) is 2.80. The van der Waals surface area contributed by atoms with Gasteiger partial charge in [0.05, 0.1) is 15.2 Å². The van der Waals surface area contributed by atoms with Crippen molar-refractivity contribution in [2.45, 2.75) is 26.3 Å². The Morgan fingerprint density at radius 3 is 2.86 bits per heavy atom. The molecule has 0 aliphatic carbocycles. The van der Waals surface area contributed by atoms with Gasteiger partial charge in [0, 0.05) is 11.7 Å². The van der Waals surface area contributed by atoms with Crippen LogP contribution in [0.2, 0.25) is 0 Å². The number of nitrogens with one attached hydrogen (secondary N) is 1. The summed E-state index contributed by atoms with van der Waals surface area (Å²) in [5.74, 6) is -0.139. The van der Waals surface area contributed by atoms with Crippen molar-refractivity contribution in [2.24, 2.45) is 0 Å². The van der Waals surface area contributed by atoms with Crippen LogP contribution in [0.1, 0.15) is 17.5 Å². The summed E-state index contributed by atoms with van der Waals surface area (Å²) in [5.41, 5.74) is 2.83. The Kier molecular flexibility index (Phi) is 3.88. The predicted molar refractivity (Wildman–Crippen MR) is 87.5 cm³/mol. The fourth-order valence-corrected chi connectivity index (χ4v) is 3.33. The van der Waals surface area contributed by atoms with Gasteiger partial charge in [-0.3, -0.25) is 0 Å². The molecule has 1 heterocycles. The van der Waals surface area contributed by atoms with Crippen molar-refractivity contribution in [3.63, 3.8) is 0 Å². The number of thiazole rings is 1. The molecular weight excluding hydrogens is 283 g/mol. The normalized spacial score (nSPS) is 12.5. The summed E-state index contributed by atoms with van der Waals surface area (Å²) in [6.45, 7) is 4.08. The van der Waals surface area contributed by atoms with E-state index in [2.05, 4.69) is 23.3 Å². The Morgan fingerprint density at radius 2 is 2.05 bits per heavy atom. The van der Waals surface area contributed by atoms with Gasteiger partial charge >= 0.3 is 0 Å². The number of benzene rings is 2. The van der Waals surface area contributed by atoms with E-state index in [9.17, 15) is 4.39 Å². The van der Waals surface area contributed by atoms with E-state index in [1.54, 1.807) is 17.4 Å². The molecule has 3 aromatic rings. The van der Waals surface area contributed by atoms with Gasteiger partial charge in [-0.15, -0.1) is 11.3 Å². The number of aromatic nitrogens is 1. The number of aryl methyl sites for hydroxylation is 1. The molecular formula is C17H17FN2S. The summed E-state index contributed by atoms with van der Waals surface area (Å²) in [5, 5.41) is 4.50. The summed E-state index contributed by atoms with van der Waals surface area (Å²) in [6.07, 6.45) is 0.659. The lowest BCUT2D eigenvalue weighted by molar-refractivity contribution is 0.601. The smallest absolute Gasteiger partial charge is 0.126 e. The van der Waals surface area contributed by atoms with Crippen LogP contribution in [-0.2, 0) is 6.42 Å². The fraction of sp³-hybridized carbons (Fsp3) is 0.235. The first-order chi connectivity index (χ1) is 10.1. The number of hydrogen-bond acceptors (Lipinski definition) is 3. The largest absolute Gasteiger partial charge is 0.382 e. The second kappa shape index (κ2) is 5.82. The molecule has 1 N–H and O–H groups in total. The number of hydrogen-bond donors (Lipinski definition) is 1. The lowest BCUT2D eigenvalue weighted by atomic mass is 10.1. The Labute approximate surface area is 127 Å². The quantitative estimate of drug-likeness (QED) is 0.749. The van der Waals surface area contributed by atoms with Crippen LogP contribution in [0.25, 0.3) is 10.2 Å². The van der Waals surface area contributed by atoms with Crippen molar-refractivity contribution in [3.05, 3.63) is 58.9 Å². The van der Waals surface area contributed by atoms with Crippen LogP contribution in [0.4, 0.5) is 10.1 Å². The van der Waals surface area contributed by atoms with E-state index in [-0.39, 0.29) is 11.9 Å². The van der Waals surface area contributed by atoms with Gasteiger partial charge in [0.1, 0.15) is 5.82 Å². The van der Waals surface area contributed by atoms with Gasteiger partial charge in [-0.25, -0.2) is 9.37 Å². The molecule has 1 unspecified atom stereocenters. The summed E-state index contributed by atoms with van der Waals surface area (Å²) in [6, 6.07) is 13.3. The van der Waals surface area contributed by atoms with Gasteiger partial charge in [0.15, 0.2) is 0 Å². The molecule has 2 nitrogen and oxygen atoms in total. The van der Waals surface area contributed by atoms with Crippen molar-refractivity contribution in [3.8, 4) is 0 Å². The zero-order valence-corrected chi connectivity index (χ0v) is 12.9. The summed E-state index contributed by atoms with van der Waals surface area (Å²) >= 11 is 1.69. The highest BCUT2D eigenvalue weighted by molar-refractivity contribution is 7.18. The Bertz CT molecular complexity index is 766. The van der Waals surface area contributed by atoms with Crippen LogP contribution >= 0.6 is 11.3 Å². The van der Waals surface area contributed by atoms with Crippen molar-refractivity contribution in [2.75, 3.05) is 5.32 Å². The molecule has 0 amide bonds. The minimum Gasteiger partial charge on any atom is -0.382 e. The molecule has 1 atom stereocenters. The van der Waals surface area contributed by atoms with Crippen LogP contribution in [0.5, 0.6) is 0 Å². The van der Waals surface area contributed by atoms with Crippen LogP contribution in [0.3, 0.4) is 0 Å². The molecule has 0 spiro atoms. The lowest BCUT2D eigenvalue weighted by Crippen LogP contribution is -2.18. The van der Waals surface area contributed by atoms with Gasteiger partial charge in [-0.1, -0.05) is 18.2 Å². The van der Waals surface area contributed by atoms with Crippen molar-refractivity contribution in [1.82, 2.24) is 4.98 Å². The lowest BCUT2D eigenvalue weighted by Gasteiger charge is -2.15. The van der Waals surface area contributed by atoms with E-state index in [1.807, 2.05) is 31.2 Å². The Morgan fingerprint density at radius 1 is 1.24 bits per heavy atom. The number of rotatable bonds is 4. The molecule has 0 radical (unpaired) electrons. The third-order valence-electron chi connectivity index (χ3n) is 3.39. The molecule has 4 heteroatoms. The average molecular weight is 300 g/mol. The van der Waals surface area contributed by atoms with Gasteiger partial charge in [-0.05, 0) is 50.1 Å². The highest BCUT2D eigenvalue weighted by Gasteiger charge is 2.08. The third-order valence-corrected chi connectivity index (χ3v) is 4.33. The number of anilines is 1. The van der Waals surface area contributed by atoms with E-state index in [0.29, 0.717) is 6.42 Å². The van der Waals surface area contributed by atoms with E-state index in [0.717, 1.165) is 21.8 Å². The standard InChI is InChI=1S/C17H17FN2S/c1-11(9-13-5-3-4-6-15(13)18)19-14-7-8-16-17(10-14)21-12(2)20-16/h3-8,10-11,19H,9H2,1-2H3. The Hall–Kier alpha value is -1.94. The van der Waals surface area contributed by atoms with Crippen LogP contribution in [-0.4, -0.2) is 11.0 Å². The summed E-state index contributed by atoms with van der Waals surface area (Å²) in [7, 11) is 0. The van der Waals surface area contributed by atoms with Gasteiger partial charge in [0.2, 0.25) is 0 Å². The highest BCUT2D eigenvalue weighted by Crippen LogP contribution is 2.25. The van der Waals surface area contributed by atoms with E-state index < -0.39 is 0 Å². The maximum absolute atomic E-state index is 13.7. The minimum atomic E-state index is -0.139. The van der Waals surface area contributed by atoms with Gasteiger partial charge in [0.25, 0.3) is 0 Å². The molecule has 21 heavy (non-hydrogen) atoms. The second-order valence-electron chi connectivity index (χ2n) is 5.26. The first-order valence-corrected chi connectivity index (χ1v) is 7.80. The maximum atomic E-state index is 13.7. The number of nitrogens with zero attached hydrogens (tertiary/aromatic N) is 1. The van der Waals surface area contributed by atoms with Crippen molar-refractivity contribution >= 4 is 27.2 Å². The van der Waals surface area contributed by atoms with E-state index in [4.69, 9.17) is 0 Å². The zero-order valence-electron chi connectivity index (χ0n) is 12.1. The van der Waals surface area contributed by atoms with E-state index in [1.165, 1.54) is 10.8 Å². The number of fused-ring (bicyclic) bond motifs is 1. The highest BCUT2D eigenvalue weighted by atomic mass is 32.1. The molecule has 108 valence electrons. The van der Waals surface area contributed by atoms with Crippen LogP contribution < -0.4 is 5.32 Å². The van der Waals surface area contributed by atoms with Crippen molar-refractivity contribution in [1.29, 1.82) is 0 Å². The Balaban J connectivity index is 1.73. The topological polar surface area (TPSA) is 24.9 Å². The summed E-state index contributed by atoms with van der Waals surface area (Å²) in [4.78, 5) is 4.45. The zero-order chi connectivity index (χ0) is 14.8. The SMILES string of the molecule is Cc1nc2ccc(NC(C)Cc3ccccc3F)cc2s1. The molecule has 0 aliphatic heterocycles. The molecule has 0 saturated heterocycles. The molecule has 1 aromatic heterocycles. The maximum Gasteiger partial charge on any atom is 0.126 e.